The Morgan fingerprint density at radius 2 is 1.81 bits per heavy atom. The summed E-state index contributed by atoms with van der Waals surface area (Å²) in [5, 5.41) is 9.18. The van der Waals surface area contributed by atoms with Crippen molar-refractivity contribution in [2.24, 2.45) is 10.1 Å². The smallest absolute Gasteiger partial charge is 0.406 e. The fourth-order valence-electron chi connectivity index (χ4n) is 4.17. The van der Waals surface area contributed by atoms with Gasteiger partial charge < -0.3 is 4.74 Å². The van der Waals surface area contributed by atoms with E-state index in [4.69, 9.17) is 12.2 Å². The number of aliphatic imine (C=N–C) groups is 1. The normalized spacial score (nSPS) is 14.7. The number of amides is 1. The van der Waals surface area contributed by atoms with E-state index in [2.05, 4.69) is 44.2 Å². The van der Waals surface area contributed by atoms with E-state index in [-0.39, 0.29) is 28.4 Å². The average Bonchev–Trinajstić information content (AvgIpc) is 3.60. The number of thioether (sulfide) groups is 1. The van der Waals surface area contributed by atoms with Crippen LogP contribution in [-0.4, -0.2) is 49.3 Å². The molecule has 5 rings (SSSR count). The molecule has 1 saturated heterocycles. The molecule has 2 heterocycles. The largest absolute Gasteiger partial charge is 0.573 e. The minimum absolute atomic E-state index is 0.0593. The van der Waals surface area contributed by atoms with E-state index in [1.807, 2.05) is 48.5 Å². The van der Waals surface area contributed by atoms with Crippen molar-refractivity contribution in [1.29, 1.82) is 0 Å². The zero-order chi connectivity index (χ0) is 30.6. The van der Waals surface area contributed by atoms with Crippen molar-refractivity contribution < 1.29 is 22.7 Å². The molecule has 9 nitrogen and oxygen atoms in total. The third-order valence-corrected chi connectivity index (χ3v) is 7.24. The van der Waals surface area contributed by atoms with Crippen molar-refractivity contribution in [2.45, 2.75) is 26.1 Å². The summed E-state index contributed by atoms with van der Waals surface area (Å²) in [7, 11) is 0. The summed E-state index contributed by atoms with van der Waals surface area (Å²) in [5.41, 5.74) is 6.59. The molecule has 1 aliphatic rings. The number of rotatable bonds is 7. The number of alkyl halides is 3. The van der Waals surface area contributed by atoms with Gasteiger partial charge in [-0.2, -0.15) is 10.1 Å². The summed E-state index contributed by atoms with van der Waals surface area (Å²) in [4.78, 5) is 23.0. The maximum absolute atomic E-state index is 12.7. The maximum Gasteiger partial charge on any atom is 0.573 e. The van der Waals surface area contributed by atoms with Crippen molar-refractivity contribution in [3.05, 3.63) is 90.3 Å². The first-order chi connectivity index (χ1) is 20.6. The minimum Gasteiger partial charge on any atom is -0.406 e. The molecule has 0 atom stereocenters. The average molecular weight is 624 g/mol. The first-order valence-corrected chi connectivity index (χ1v) is 14.3. The molecule has 43 heavy (non-hydrogen) atoms. The van der Waals surface area contributed by atoms with Crippen LogP contribution in [0.25, 0.3) is 17.1 Å². The first kappa shape index (κ1) is 29.9. The highest BCUT2D eigenvalue weighted by Crippen LogP contribution is 2.33. The number of aromatic nitrogens is 3. The van der Waals surface area contributed by atoms with E-state index < -0.39 is 6.36 Å². The number of halogens is 3. The zero-order valence-corrected chi connectivity index (χ0v) is 24.5. The minimum atomic E-state index is -4.76. The summed E-state index contributed by atoms with van der Waals surface area (Å²) in [6.07, 6.45) is -1.71. The fourth-order valence-corrected chi connectivity index (χ4v) is 5.24. The van der Waals surface area contributed by atoms with E-state index in [0.29, 0.717) is 16.7 Å². The number of carbonyl (C=O) groups is 1. The van der Waals surface area contributed by atoms with E-state index in [0.717, 1.165) is 22.4 Å². The number of nitrogens with one attached hydrogen (secondary N) is 1. The number of amidine groups is 1. The van der Waals surface area contributed by atoms with Gasteiger partial charge in [0.25, 0.3) is 0 Å². The summed E-state index contributed by atoms with van der Waals surface area (Å²) in [6.45, 7) is 4.14. The Balaban J connectivity index is 1.21. The standard InChI is InChI=1S/C29H24F3N7O2S2/c1-18(2)23-5-3-4-6-24(23)39-25(40)16-43-28(39)35-27(42)36-34-15-19-7-9-20(10-8-19)26-33-17-38(37-26)21-11-13-22(14-12-21)41-29(30,31)32/h3-15,17-18H,16H2,1-2H3,(H,36,42)/b34-15+,35-28?. The van der Waals surface area contributed by atoms with Gasteiger partial charge in [-0.25, -0.2) is 9.67 Å². The number of hydrazone groups is 1. The number of anilines is 1. The SMILES string of the molecule is CC(C)c1ccccc1N1C(=O)CSC1=NC(=S)N/N=C/c1ccc(-c2ncn(-c3ccc(OC(F)(F)F)cc3)n2)cc1. The molecule has 1 N–H and O–H groups in total. The first-order valence-electron chi connectivity index (χ1n) is 12.9. The number of para-hydroxylation sites is 1. The molecular formula is C29H24F3N7O2S2. The molecule has 0 aliphatic carbocycles. The van der Waals surface area contributed by atoms with Crippen molar-refractivity contribution in [3.63, 3.8) is 0 Å². The molecule has 1 amide bonds. The zero-order valence-electron chi connectivity index (χ0n) is 22.8. The van der Waals surface area contributed by atoms with Crippen molar-refractivity contribution in [1.82, 2.24) is 20.2 Å². The predicted octanol–water partition coefficient (Wildman–Crippen LogP) is 6.30. The lowest BCUT2D eigenvalue weighted by atomic mass is 10.0. The third kappa shape index (κ3) is 7.45. The van der Waals surface area contributed by atoms with E-state index in [1.165, 1.54) is 47.0 Å². The lowest BCUT2D eigenvalue weighted by Gasteiger charge is -2.21. The Morgan fingerprint density at radius 3 is 2.51 bits per heavy atom. The van der Waals surface area contributed by atoms with Gasteiger partial charge in [0, 0.05) is 5.56 Å². The van der Waals surface area contributed by atoms with Crippen molar-refractivity contribution in [3.8, 4) is 22.8 Å². The van der Waals surface area contributed by atoms with E-state index >= 15 is 0 Å². The number of nitrogens with zero attached hydrogens (tertiary/aromatic N) is 6. The second kappa shape index (κ2) is 12.8. The van der Waals surface area contributed by atoms with Crippen LogP contribution in [0, 0.1) is 0 Å². The van der Waals surface area contributed by atoms with Crippen LogP contribution < -0.4 is 15.1 Å². The molecule has 1 fully saturated rings. The molecule has 3 aromatic carbocycles. The van der Waals surface area contributed by atoms with Gasteiger partial charge in [-0.1, -0.05) is 68.1 Å². The van der Waals surface area contributed by atoms with Gasteiger partial charge in [-0.05, 0) is 59.6 Å². The summed E-state index contributed by atoms with van der Waals surface area (Å²) < 4.78 is 42.5. The number of ether oxygens (including phenoxy) is 1. The third-order valence-electron chi connectivity index (χ3n) is 6.13. The van der Waals surface area contributed by atoms with Crippen molar-refractivity contribution in [2.75, 3.05) is 10.7 Å². The number of hydrogen-bond acceptors (Lipinski definition) is 7. The van der Waals surface area contributed by atoms with Crippen molar-refractivity contribution >= 4 is 52.1 Å². The van der Waals surface area contributed by atoms with Gasteiger partial charge in [-0.15, -0.1) is 18.3 Å². The molecule has 0 spiro atoms. The number of carbonyl (C=O) groups excluding carboxylic acids is 1. The Morgan fingerprint density at radius 1 is 1.09 bits per heavy atom. The van der Waals surface area contributed by atoms with Gasteiger partial charge in [-0.3, -0.25) is 15.1 Å². The van der Waals surface area contributed by atoms with Crippen LogP contribution in [0.5, 0.6) is 5.75 Å². The number of thiocarbonyl (C=S) groups is 1. The lowest BCUT2D eigenvalue weighted by Crippen LogP contribution is -2.31. The highest BCUT2D eigenvalue weighted by atomic mass is 32.2. The van der Waals surface area contributed by atoms with Gasteiger partial charge in [0.1, 0.15) is 12.1 Å². The van der Waals surface area contributed by atoms with Gasteiger partial charge in [0.2, 0.25) is 11.0 Å². The monoisotopic (exact) mass is 623 g/mol. The Labute approximate surface area is 254 Å². The molecule has 0 unspecified atom stereocenters. The number of benzene rings is 3. The van der Waals surface area contributed by atoms with Gasteiger partial charge in [0.05, 0.1) is 23.3 Å². The maximum atomic E-state index is 12.7. The Bertz CT molecular complexity index is 1690. The highest BCUT2D eigenvalue weighted by Gasteiger charge is 2.32. The van der Waals surface area contributed by atoms with E-state index in [9.17, 15) is 18.0 Å². The Kier molecular flexibility index (Phi) is 8.87. The predicted molar refractivity (Wildman–Crippen MR) is 165 cm³/mol. The van der Waals surface area contributed by atoms with Crippen LogP contribution in [-0.2, 0) is 4.79 Å². The van der Waals surface area contributed by atoms with Gasteiger partial charge in [0.15, 0.2) is 11.0 Å². The second-order valence-corrected chi connectivity index (χ2v) is 10.8. The van der Waals surface area contributed by atoms with Crippen LogP contribution in [0.4, 0.5) is 18.9 Å². The van der Waals surface area contributed by atoms with Crippen LogP contribution in [0.15, 0.2) is 89.2 Å². The second-order valence-electron chi connectivity index (χ2n) is 9.48. The molecule has 1 aliphatic heterocycles. The van der Waals surface area contributed by atoms with Crippen LogP contribution in [0.2, 0.25) is 0 Å². The van der Waals surface area contributed by atoms with Crippen LogP contribution in [0.3, 0.4) is 0 Å². The molecule has 0 saturated carbocycles. The number of hydrogen-bond donors (Lipinski definition) is 1. The molecule has 4 aromatic rings. The molecule has 1 aromatic heterocycles. The summed E-state index contributed by atoms with van der Waals surface area (Å²) in [5.74, 6) is 0.557. The molecule has 0 radical (unpaired) electrons. The summed E-state index contributed by atoms with van der Waals surface area (Å²) in [6, 6.07) is 20.3. The molecule has 220 valence electrons. The summed E-state index contributed by atoms with van der Waals surface area (Å²) >= 11 is 6.67. The fraction of sp³-hybridized carbons (Fsp3) is 0.172. The Hall–Kier alpha value is -4.56. The molecular weight excluding hydrogens is 599 g/mol. The quantitative estimate of drug-likeness (QED) is 0.147. The highest BCUT2D eigenvalue weighted by molar-refractivity contribution is 8.15. The molecule has 14 heteroatoms. The topological polar surface area (TPSA) is 97.0 Å². The molecule has 0 bridgehead atoms. The van der Waals surface area contributed by atoms with E-state index in [1.54, 1.807) is 11.1 Å². The lowest BCUT2D eigenvalue weighted by molar-refractivity contribution is -0.274. The van der Waals surface area contributed by atoms with Crippen LogP contribution >= 0.6 is 24.0 Å². The van der Waals surface area contributed by atoms with Gasteiger partial charge >= 0.3 is 6.36 Å². The van der Waals surface area contributed by atoms with Crippen LogP contribution in [0.1, 0.15) is 30.9 Å².